The normalized spacial score (nSPS) is 15.3. The molecular weight excluding hydrogens is 356 g/mol. The SMILES string of the molecule is CC(c1nc2ccccc2s1)N(C)S(=O)(=O)c1ccc2c(c1)CCO2. The van der Waals surface area contributed by atoms with Gasteiger partial charge in [-0.15, -0.1) is 11.3 Å². The van der Waals surface area contributed by atoms with Gasteiger partial charge in [-0.05, 0) is 42.8 Å². The summed E-state index contributed by atoms with van der Waals surface area (Å²) in [6.07, 6.45) is 0.746. The summed E-state index contributed by atoms with van der Waals surface area (Å²) in [5, 5.41) is 0.789. The first-order chi connectivity index (χ1) is 12.0. The number of para-hydroxylation sites is 1. The van der Waals surface area contributed by atoms with Crippen LogP contribution in [0.1, 0.15) is 23.5 Å². The van der Waals surface area contributed by atoms with Crippen LogP contribution in [-0.2, 0) is 16.4 Å². The second-order valence-electron chi connectivity index (χ2n) is 6.09. The first kappa shape index (κ1) is 16.5. The fraction of sp³-hybridized carbons (Fsp3) is 0.278. The predicted molar refractivity (Wildman–Crippen MR) is 98.6 cm³/mol. The highest BCUT2D eigenvalue weighted by molar-refractivity contribution is 7.89. The molecule has 1 aliphatic rings. The Morgan fingerprint density at radius 2 is 2.04 bits per heavy atom. The zero-order chi connectivity index (χ0) is 17.6. The summed E-state index contributed by atoms with van der Waals surface area (Å²) in [4.78, 5) is 4.89. The van der Waals surface area contributed by atoms with E-state index in [-0.39, 0.29) is 6.04 Å². The maximum atomic E-state index is 13.0. The topological polar surface area (TPSA) is 59.5 Å². The average molecular weight is 374 g/mol. The lowest BCUT2D eigenvalue weighted by atomic mass is 10.2. The molecular formula is C18H18N2O3S2. The van der Waals surface area contributed by atoms with Gasteiger partial charge in [-0.1, -0.05) is 12.1 Å². The van der Waals surface area contributed by atoms with Gasteiger partial charge in [0.2, 0.25) is 10.0 Å². The van der Waals surface area contributed by atoms with Gasteiger partial charge in [0, 0.05) is 13.5 Å². The van der Waals surface area contributed by atoms with E-state index in [2.05, 4.69) is 4.98 Å². The standard InChI is InChI=1S/C18H18N2O3S2/c1-12(18-19-15-5-3-4-6-17(15)24-18)20(2)25(21,22)14-7-8-16-13(11-14)9-10-23-16/h3-8,11-12H,9-10H2,1-2H3. The van der Waals surface area contributed by atoms with Crippen molar-refractivity contribution in [3.05, 3.63) is 53.0 Å². The van der Waals surface area contributed by atoms with E-state index >= 15 is 0 Å². The maximum Gasteiger partial charge on any atom is 0.243 e. The minimum Gasteiger partial charge on any atom is -0.493 e. The highest BCUT2D eigenvalue weighted by atomic mass is 32.2. The number of aromatic nitrogens is 1. The Kier molecular flexibility index (Phi) is 4.02. The van der Waals surface area contributed by atoms with E-state index in [4.69, 9.17) is 4.74 Å². The Morgan fingerprint density at radius 1 is 1.24 bits per heavy atom. The highest BCUT2D eigenvalue weighted by Crippen LogP contribution is 2.33. The van der Waals surface area contributed by atoms with Crippen molar-refractivity contribution >= 4 is 31.6 Å². The zero-order valence-corrected chi connectivity index (χ0v) is 15.6. The van der Waals surface area contributed by atoms with Crippen LogP contribution in [0.15, 0.2) is 47.4 Å². The molecule has 1 aliphatic heterocycles. The summed E-state index contributed by atoms with van der Waals surface area (Å²) in [6.45, 7) is 2.47. The van der Waals surface area contributed by atoms with Crippen molar-refractivity contribution in [1.29, 1.82) is 0 Å². The predicted octanol–water partition coefficient (Wildman–Crippen LogP) is 3.61. The monoisotopic (exact) mass is 374 g/mol. The van der Waals surface area contributed by atoms with E-state index in [9.17, 15) is 8.42 Å². The number of thiazole rings is 1. The number of sulfonamides is 1. The first-order valence-electron chi connectivity index (χ1n) is 8.06. The summed E-state index contributed by atoms with van der Waals surface area (Å²) in [6, 6.07) is 12.6. The molecule has 0 radical (unpaired) electrons. The van der Waals surface area contributed by atoms with E-state index in [1.807, 2.05) is 31.2 Å². The molecule has 130 valence electrons. The number of nitrogens with zero attached hydrogens (tertiary/aromatic N) is 2. The number of fused-ring (bicyclic) bond motifs is 2. The van der Waals surface area contributed by atoms with E-state index in [1.54, 1.807) is 25.2 Å². The fourth-order valence-corrected chi connectivity index (χ4v) is 5.43. The van der Waals surface area contributed by atoms with Gasteiger partial charge in [-0.3, -0.25) is 0 Å². The smallest absolute Gasteiger partial charge is 0.243 e. The van der Waals surface area contributed by atoms with Gasteiger partial charge >= 0.3 is 0 Å². The summed E-state index contributed by atoms with van der Waals surface area (Å²) in [5.74, 6) is 0.779. The quantitative estimate of drug-likeness (QED) is 0.700. The number of benzene rings is 2. The maximum absolute atomic E-state index is 13.0. The molecule has 0 saturated carbocycles. The van der Waals surface area contributed by atoms with Crippen molar-refractivity contribution in [2.45, 2.75) is 24.3 Å². The van der Waals surface area contributed by atoms with Gasteiger partial charge in [0.25, 0.3) is 0 Å². The van der Waals surface area contributed by atoms with Crippen LogP contribution in [0.5, 0.6) is 5.75 Å². The van der Waals surface area contributed by atoms with Crippen LogP contribution < -0.4 is 4.74 Å². The van der Waals surface area contributed by atoms with Crippen molar-refractivity contribution in [1.82, 2.24) is 9.29 Å². The van der Waals surface area contributed by atoms with Gasteiger partial charge in [0.05, 0.1) is 27.8 Å². The molecule has 3 aromatic rings. The Morgan fingerprint density at radius 3 is 2.84 bits per heavy atom. The van der Waals surface area contributed by atoms with E-state index in [1.165, 1.54) is 15.6 Å². The summed E-state index contributed by atoms with van der Waals surface area (Å²) < 4.78 is 34.0. The van der Waals surface area contributed by atoms with Gasteiger partial charge < -0.3 is 4.74 Å². The van der Waals surface area contributed by atoms with E-state index in [0.29, 0.717) is 11.5 Å². The molecule has 0 fully saturated rings. The van der Waals surface area contributed by atoms with Crippen LogP contribution in [0, 0.1) is 0 Å². The van der Waals surface area contributed by atoms with E-state index < -0.39 is 10.0 Å². The molecule has 0 amide bonds. The molecule has 1 aromatic heterocycles. The summed E-state index contributed by atoms with van der Waals surface area (Å²) in [7, 11) is -1.99. The summed E-state index contributed by atoms with van der Waals surface area (Å²) in [5.41, 5.74) is 1.84. The van der Waals surface area contributed by atoms with Crippen LogP contribution in [0.25, 0.3) is 10.2 Å². The molecule has 0 saturated heterocycles. The first-order valence-corrected chi connectivity index (χ1v) is 10.3. The van der Waals surface area contributed by atoms with Crippen molar-refractivity contribution in [2.24, 2.45) is 0 Å². The van der Waals surface area contributed by atoms with Gasteiger partial charge in [-0.25, -0.2) is 13.4 Å². The van der Waals surface area contributed by atoms with E-state index in [0.717, 1.165) is 33.0 Å². The van der Waals surface area contributed by atoms with Crippen molar-refractivity contribution in [3.63, 3.8) is 0 Å². The van der Waals surface area contributed by atoms with Gasteiger partial charge in [0.1, 0.15) is 10.8 Å². The molecule has 25 heavy (non-hydrogen) atoms. The lowest BCUT2D eigenvalue weighted by Crippen LogP contribution is -2.29. The minimum atomic E-state index is -3.60. The second kappa shape index (κ2) is 6.09. The van der Waals surface area contributed by atoms with Gasteiger partial charge in [-0.2, -0.15) is 4.31 Å². The fourth-order valence-electron chi connectivity index (χ4n) is 2.92. The van der Waals surface area contributed by atoms with Crippen LogP contribution >= 0.6 is 11.3 Å². The van der Waals surface area contributed by atoms with Gasteiger partial charge in [0.15, 0.2) is 0 Å². The molecule has 0 N–H and O–H groups in total. The molecule has 0 spiro atoms. The highest BCUT2D eigenvalue weighted by Gasteiger charge is 2.29. The molecule has 2 heterocycles. The largest absolute Gasteiger partial charge is 0.493 e. The minimum absolute atomic E-state index is 0.298. The van der Waals surface area contributed by atoms with Crippen LogP contribution in [0.2, 0.25) is 0 Å². The lowest BCUT2D eigenvalue weighted by molar-refractivity contribution is 0.356. The third-order valence-corrected chi connectivity index (χ3v) is 7.68. The summed E-state index contributed by atoms with van der Waals surface area (Å²) >= 11 is 1.53. The molecule has 5 nitrogen and oxygen atoms in total. The molecule has 1 unspecified atom stereocenters. The van der Waals surface area contributed by atoms with Crippen molar-refractivity contribution < 1.29 is 13.2 Å². The molecule has 1 atom stereocenters. The van der Waals surface area contributed by atoms with Crippen LogP contribution in [-0.4, -0.2) is 31.4 Å². The second-order valence-corrected chi connectivity index (χ2v) is 9.14. The van der Waals surface area contributed by atoms with Crippen molar-refractivity contribution in [3.8, 4) is 5.75 Å². The number of hydrogen-bond donors (Lipinski definition) is 0. The number of ether oxygens (including phenoxy) is 1. The Bertz CT molecular complexity index is 1010. The molecule has 0 bridgehead atoms. The number of rotatable bonds is 4. The molecule has 0 aliphatic carbocycles. The third kappa shape index (κ3) is 2.82. The average Bonchev–Trinajstić information content (AvgIpc) is 3.25. The lowest BCUT2D eigenvalue weighted by Gasteiger charge is -2.23. The number of hydrogen-bond acceptors (Lipinski definition) is 5. The molecule has 4 rings (SSSR count). The van der Waals surface area contributed by atoms with Crippen molar-refractivity contribution in [2.75, 3.05) is 13.7 Å². The molecule has 2 aromatic carbocycles. The van der Waals surface area contributed by atoms with Crippen LogP contribution in [0.3, 0.4) is 0 Å². The Labute approximate surface area is 150 Å². The Hall–Kier alpha value is -1.96. The molecule has 7 heteroatoms. The third-order valence-electron chi connectivity index (χ3n) is 4.55. The zero-order valence-electron chi connectivity index (χ0n) is 14.0. The van der Waals surface area contributed by atoms with Crippen LogP contribution in [0.4, 0.5) is 0 Å². The Balaban J connectivity index is 1.67.